The van der Waals surface area contributed by atoms with Gasteiger partial charge in [0.1, 0.15) is 0 Å². The van der Waals surface area contributed by atoms with E-state index >= 15 is 0 Å². The number of para-hydroxylation sites is 1. The summed E-state index contributed by atoms with van der Waals surface area (Å²) in [5.74, 6) is 0. The Morgan fingerprint density at radius 2 is 1.88 bits per heavy atom. The van der Waals surface area contributed by atoms with Crippen molar-refractivity contribution in [2.75, 3.05) is 16.3 Å². The molecule has 2 aromatic carbocycles. The molecule has 5 heteroatoms. The highest BCUT2D eigenvalue weighted by Crippen LogP contribution is 2.45. The molecule has 0 bridgehead atoms. The third-order valence-electron chi connectivity index (χ3n) is 4.58. The molecule has 0 fully saturated rings. The van der Waals surface area contributed by atoms with Crippen LogP contribution in [0.2, 0.25) is 0 Å². The topological polar surface area (TPSA) is 58.2 Å². The third kappa shape index (κ3) is 3.41. The van der Waals surface area contributed by atoms with Gasteiger partial charge >= 0.3 is 0 Å². The van der Waals surface area contributed by atoms with E-state index in [1.165, 1.54) is 17.4 Å². The molecule has 4 nitrogen and oxygen atoms in total. The maximum Gasteiger partial charge on any atom is 0.229 e. The summed E-state index contributed by atoms with van der Waals surface area (Å²) in [7, 11) is -3.31. The van der Waals surface area contributed by atoms with Gasteiger partial charge in [-0.2, -0.15) is 0 Å². The molecule has 0 saturated carbocycles. The highest BCUT2D eigenvalue weighted by molar-refractivity contribution is 7.92. The number of benzene rings is 2. The largest absolute Gasteiger partial charge is 0.378 e. The highest BCUT2D eigenvalue weighted by atomic mass is 32.2. The van der Waals surface area contributed by atoms with Crippen molar-refractivity contribution < 1.29 is 8.42 Å². The maximum absolute atomic E-state index is 11.7. The van der Waals surface area contributed by atoms with Crippen LogP contribution in [-0.2, 0) is 15.4 Å². The molecular formula is C19H24N2O2S. The minimum Gasteiger partial charge on any atom is -0.378 e. The Balaban J connectivity index is 2.02. The van der Waals surface area contributed by atoms with Crippen LogP contribution in [0.25, 0.3) is 0 Å². The van der Waals surface area contributed by atoms with Crippen LogP contribution in [0.3, 0.4) is 0 Å². The molecule has 1 unspecified atom stereocenters. The first-order valence-corrected chi connectivity index (χ1v) is 9.99. The average molecular weight is 344 g/mol. The van der Waals surface area contributed by atoms with Crippen molar-refractivity contribution >= 4 is 21.4 Å². The lowest BCUT2D eigenvalue weighted by Crippen LogP contribution is -2.31. The predicted octanol–water partition coefficient (Wildman–Crippen LogP) is 4.20. The minimum atomic E-state index is -3.31. The summed E-state index contributed by atoms with van der Waals surface area (Å²) in [6.07, 6.45) is 2.08. The molecule has 0 aliphatic carbocycles. The second kappa shape index (κ2) is 5.81. The predicted molar refractivity (Wildman–Crippen MR) is 100 cm³/mol. The molecule has 1 aliphatic rings. The molecule has 0 aromatic heterocycles. The molecular weight excluding hydrogens is 320 g/mol. The van der Waals surface area contributed by atoms with Crippen molar-refractivity contribution in [3.63, 3.8) is 0 Å². The van der Waals surface area contributed by atoms with E-state index in [9.17, 15) is 8.42 Å². The Kier molecular flexibility index (Phi) is 4.08. The van der Waals surface area contributed by atoms with E-state index in [0.717, 1.165) is 17.7 Å². The molecule has 24 heavy (non-hydrogen) atoms. The Labute approximate surface area is 144 Å². The fourth-order valence-electron chi connectivity index (χ4n) is 3.48. The molecule has 3 rings (SSSR count). The second-order valence-corrected chi connectivity index (χ2v) is 9.04. The van der Waals surface area contributed by atoms with E-state index in [2.05, 4.69) is 49.0 Å². The number of fused-ring (bicyclic) bond motifs is 1. The smallest absolute Gasteiger partial charge is 0.229 e. The van der Waals surface area contributed by atoms with E-state index in [1.54, 1.807) is 0 Å². The van der Waals surface area contributed by atoms with E-state index in [4.69, 9.17) is 0 Å². The van der Waals surface area contributed by atoms with Crippen LogP contribution in [0.4, 0.5) is 11.4 Å². The first kappa shape index (κ1) is 16.8. The first-order valence-electron chi connectivity index (χ1n) is 8.10. The number of rotatable bonds is 3. The Morgan fingerprint density at radius 1 is 1.17 bits per heavy atom. The molecule has 1 heterocycles. The van der Waals surface area contributed by atoms with Gasteiger partial charge < -0.3 is 5.32 Å². The summed E-state index contributed by atoms with van der Waals surface area (Å²) in [5, 5.41) is 3.59. The molecule has 0 spiro atoms. The minimum absolute atomic E-state index is 0.00940. The van der Waals surface area contributed by atoms with Crippen LogP contribution < -0.4 is 10.0 Å². The summed E-state index contributed by atoms with van der Waals surface area (Å²) in [6, 6.07) is 14.1. The zero-order valence-electron chi connectivity index (χ0n) is 14.6. The lowest BCUT2D eigenvalue weighted by molar-refractivity contribution is 0.427. The number of nitrogens with one attached hydrogen (secondary N) is 2. The SMILES string of the molecule is Cc1ccc2c(c1)C(C)(C)CC(c1ccccc1NS(C)(=O)=O)N2. The van der Waals surface area contributed by atoms with Gasteiger partial charge in [-0.05, 0) is 42.0 Å². The fraction of sp³-hybridized carbons (Fsp3) is 0.368. The van der Waals surface area contributed by atoms with Gasteiger partial charge in [-0.15, -0.1) is 0 Å². The van der Waals surface area contributed by atoms with Gasteiger partial charge in [-0.1, -0.05) is 49.7 Å². The van der Waals surface area contributed by atoms with Gasteiger partial charge in [0.15, 0.2) is 0 Å². The van der Waals surface area contributed by atoms with Crippen molar-refractivity contribution in [3.05, 3.63) is 59.2 Å². The standard InChI is InChI=1S/C19H24N2O2S/c1-13-9-10-17-15(11-13)19(2,3)12-18(20-17)14-7-5-6-8-16(14)21-24(4,22)23/h5-11,18,20-21H,12H2,1-4H3. The van der Waals surface area contributed by atoms with Gasteiger partial charge in [0.05, 0.1) is 18.0 Å². The van der Waals surface area contributed by atoms with Crippen molar-refractivity contribution in [2.24, 2.45) is 0 Å². The van der Waals surface area contributed by atoms with Gasteiger partial charge in [-0.3, -0.25) is 4.72 Å². The van der Waals surface area contributed by atoms with Crippen LogP contribution in [0.15, 0.2) is 42.5 Å². The van der Waals surface area contributed by atoms with Gasteiger partial charge in [-0.25, -0.2) is 8.42 Å². The lowest BCUT2D eigenvalue weighted by Gasteiger charge is -2.39. The van der Waals surface area contributed by atoms with E-state index in [0.29, 0.717) is 5.69 Å². The Morgan fingerprint density at radius 3 is 2.58 bits per heavy atom. The Hall–Kier alpha value is -2.01. The number of anilines is 2. The molecule has 0 radical (unpaired) electrons. The van der Waals surface area contributed by atoms with Gasteiger partial charge in [0, 0.05) is 5.69 Å². The van der Waals surface area contributed by atoms with Gasteiger partial charge in [0.25, 0.3) is 0 Å². The van der Waals surface area contributed by atoms with E-state index < -0.39 is 10.0 Å². The second-order valence-electron chi connectivity index (χ2n) is 7.30. The van der Waals surface area contributed by atoms with Crippen LogP contribution in [0.5, 0.6) is 0 Å². The zero-order valence-corrected chi connectivity index (χ0v) is 15.4. The molecule has 0 amide bonds. The first-order chi connectivity index (χ1) is 11.2. The molecule has 1 atom stereocenters. The summed E-state index contributed by atoms with van der Waals surface area (Å²) >= 11 is 0. The van der Waals surface area contributed by atoms with Gasteiger partial charge in [0.2, 0.25) is 10.0 Å². The lowest BCUT2D eigenvalue weighted by atomic mass is 9.73. The zero-order chi connectivity index (χ0) is 17.5. The van der Waals surface area contributed by atoms with E-state index in [1.807, 2.05) is 24.3 Å². The molecule has 1 aliphatic heterocycles. The summed E-state index contributed by atoms with van der Waals surface area (Å²) in [6.45, 7) is 6.59. The molecule has 2 N–H and O–H groups in total. The average Bonchev–Trinajstić information content (AvgIpc) is 2.46. The maximum atomic E-state index is 11.7. The number of sulfonamides is 1. The van der Waals surface area contributed by atoms with Crippen LogP contribution in [0.1, 0.15) is 43.0 Å². The van der Waals surface area contributed by atoms with Crippen molar-refractivity contribution in [3.8, 4) is 0 Å². The highest BCUT2D eigenvalue weighted by Gasteiger charge is 2.34. The number of aryl methyl sites for hydroxylation is 1. The van der Waals surface area contributed by atoms with Crippen LogP contribution >= 0.6 is 0 Å². The van der Waals surface area contributed by atoms with Crippen LogP contribution in [-0.4, -0.2) is 14.7 Å². The van der Waals surface area contributed by atoms with Crippen LogP contribution in [0, 0.1) is 6.92 Å². The fourth-order valence-corrected chi connectivity index (χ4v) is 4.07. The summed E-state index contributed by atoms with van der Waals surface area (Å²) in [5.41, 5.74) is 5.31. The van der Waals surface area contributed by atoms with Crippen molar-refractivity contribution in [1.82, 2.24) is 0 Å². The van der Waals surface area contributed by atoms with E-state index in [-0.39, 0.29) is 11.5 Å². The Bertz CT molecular complexity index is 873. The summed E-state index contributed by atoms with van der Waals surface area (Å²) in [4.78, 5) is 0. The molecule has 2 aromatic rings. The third-order valence-corrected chi connectivity index (χ3v) is 5.17. The summed E-state index contributed by atoms with van der Waals surface area (Å²) < 4.78 is 26.0. The molecule has 128 valence electrons. The van der Waals surface area contributed by atoms with Crippen molar-refractivity contribution in [2.45, 2.75) is 38.6 Å². The number of hydrogen-bond donors (Lipinski definition) is 2. The number of hydrogen-bond acceptors (Lipinski definition) is 3. The quantitative estimate of drug-likeness (QED) is 0.877. The molecule has 0 saturated heterocycles. The monoisotopic (exact) mass is 344 g/mol. The normalized spacial score (nSPS) is 19.2. The van der Waals surface area contributed by atoms with Crippen molar-refractivity contribution in [1.29, 1.82) is 0 Å².